The Labute approximate surface area is 166 Å². The summed E-state index contributed by atoms with van der Waals surface area (Å²) >= 11 is 0.968. The molecule has 0 spiro atoms. The molecule has 2 aromatic rings. The molecule has 0 aliphatic carbocycles. The molecule has 1 aromatic carbocycles. The average Bonchev–Trinajstić information content (AvgIpc) is 3.11. The van der Waals surface area contributed by atoms with Gasteiger partial charge in [0.1, 0.15) is 16.2 Å². The zero-order valence-electron chi connectivity index (χ0n) is 15.1. The molecule has 29 heavy (non-hydrogen) atoms. The number of aliphatic imine (C=N–C) groups is 1. The fourth-order valence-corrected chi connectivity index (χ4v) is 3.12. The van der Waals surface area contributed by atoms with E-state index < -0.39 is 29.4 Å². The summed E-state index contributed by atoms with van der Waals surface area (Å²) in [5.74, 6) is -3.87. The molecule has 1 heterocycles. The van der Waals surface area contributed by atoms with Crippen LogP contribution in [0.4, 0.5) is 18.9 Å². The first-order chi connectivity index (χ1) is 13.6. The quantitative estimate of drug-likeness (QED) is 0.315. The minimum Gasteiger partial charge on any atom is -0.504 e. The van der Waals surface area contributed by atoms with E-state index in [4.69, 9.17) is 10.5 Å². The summed E-state index contributed by atoms with van der Waals surface area (Å²) in [4.78, 5) is 27.6. The van der Waals surface area contributed by atoms with Crippen molar-refractivity contribution in [3.05, 3.63) is 46.5 Å². The number of thiophene rings is 1. The Morgan fingerprint density at radius 1 is 1.21 bits per heavy atom. The molecule has 0 aliphatic rings. The molecule has 0 saturated carbocycles. The standard InChI is InChI=1S/C18H15F3N2O5S/c1-27-10-5-3-9(4-6-10)13-7-12(14(29-13)16(22)25)23-8-11(17(26)28-2)15(24)18(19,20)21/h3-8,24H,1-2H3,(H2,22,25)/b15-11-,23-8?. The van der Waals surface area contributed by atoms with Crippen molar-refractivity contribution < 1.29 is 37.3 Å². The number of alkyl halides is 3. The van der Waals surface area contributed by atoms with Gasteiger partial charge in [-0.15, -0.1) is 11.3 Å². The van der Waals surface area contributed by atoms with Gasteiger partial charge in [0.05, 0.1) is 19.9 Å². The van der Waals surface area contributed by atoms with Crippen LogP contribution in [-0.2, 0) is 9.53 Å². The molecule has 0 aliphatic heterocycles. The lowest BCUT2D eigenvalue weighted by molar-refractivity contribution is -0.139. The van der Waals surface area contributed by atoms with Gasteiger partial charge in [0.15, 0.2) is 0 Å². The summed E-state index contributed by atoms with van der Waals surface area (Å²) in [6.45, 7) is 0. The molecule has 0 unspecified atom stereocenters. The van der Waals surface area contributed by atoms with Crippen LogP contribution < -0.4 is 10.5 Å². The number of aliphatic hydroxyl groups excluding tert-OH is 1. The third-order valence-corrected chi connectivity index (χ3v) is 4.76. The van der Waals surface area contributed by atoms with Gasteiger partial charge in [-0.1, -0.05) is 0 Å². The highest BCUT2D eigenvalue weighted by molar-refractivity contribution is 7.18. The summed E-state index contributed by atoms with van der Waals surface area (Å²) in [5.41, 5.74) is 4.72. The molecule has 0 atom stereocenters. The number of hydrogen-bond donors (Lipinski definition) is 2. The van der Waals surface area contributed by atoms with Crippen molar-refractivity contribution in [3.8, 4) is 16.2 Å². The van der Waals surface area contributed by atoms with Crippen molar-refractivity contribution in [2.24, 2.45) is 10.7 Å². The average molecular weight is 428 g/mol. The largest absolute Gasteiger partial charge is 0.504 e. The molecule has 0 radical (unpaired) electrons. The number of allylic oxidation sites excluding steroid dienone is 1. The lowest BCUT2D eigenvalue weighted by atomic mass is 10.2. The van der Waals surface area contributed by atoms with Crippen LogP contribution in [0.25, 0.3) is 10.4 Å². The van der Waals surface area contributed by atoms with E-state index in [1.54, 1.807) is 24.3 Å². The molecule has 154 valence electrons. The second-order valence-corrected chi connectivity index (χ2v) is 6.48. The summed E-state index contributed by atoms with van der Waals surface area (Å²) in [7, 11) is 2.35. The van der Waals surface area contributed by atoms with Crippen LogP contribution in [0.5, 0.6) is 5.75 Å². The lowest BCUT2D eigenvalue weighted by Gasteiger charge is -2.08. The zero-order valence-corrected chi connectivity index (χ0v) is 15.9. The normalized spacial score (nSPS) is 12.6. The number of ether oxygens (including phenoxy) is 2. The minimum absolute atomic E-state index is 0.0391. The van der Waals surface area contributed by atoms with Gasteiger partial charge in [0.2, 0.25) is 5.76 Å². The molecular formula is C18H15F3N2O5S. The number of carbonyl (C=O) groups is 2. The minimum atomic E-state index is -5.19. The van der Waals surface area contributed by atoms with Crippen LogP contribution in [0, 0.1) is 0 Å². The van der Waals surface area contributed by atoms with E-state index in [0.717, 1.165) is 18.4 Å². The maximum absolute atomic E-state index is 12.8. The monoisotopic (exact) mass is 428 g/mol. The highest BCUT2D eigenvalue weighted by Gasteiger charge is 2.38. The Balaban J connectivity index is 2.51. The van der Waals surface area contributed by atoms with E-state index in [-0.39, 0.29) is 10.6 Å². The molecule has 3 N–H and O–H groups in total. The van der Waals surface area contributed by atoms with Gasteiger partial charge >= 0.3 is 12.1 Å². The third-order valence-electron chi connectivity index (χ3n) is 3.57. The van der Waals surface area contributed by atoms with Crippen molar-refractivity contribution in [2.45, 2.75) is 6.18 Å². The van der Waals surface area contributed by atoms with Crippen LogP contribution in [0.3, 0.4) is 0 Å². The molecule has 0 fully saturated rings. The summed E-state index contributed by atoms with van der Waals surface area (Å²) in [5, 5.41) is 9.30. The Hall–Kier alpha value is -3.34. The van der Waals surface area contributed by atoms with Crippen molar-refractivity contribution in [1.29, 1.82) is 0 Å². The van der Waals surface area contributed by atoms with E-state index in [1.165, 1.54) is 13.2 Å². The zero-order chi connectivity index (χ0) is 21.8. The smallest absolute Gasteiger partial charge is 0.449 e. The SMILES string of the molecule is COC(=O)/C(C=Nc1cc(-c2ccc(OC)cc2)sc1C(N)=O)=C(\O)C(F)(F)F. The number of primary amides is 1. The number of rotatable bonds is 6. The molecule has 7 nitrogen and oxygen atoms in total. The van der Waals surface area contributed by atoms with Crippen molar-refractivity contribution in [3.63, 3.8) is 0 Å². The topological polar surface area (TPSA) is 111 Å². The van der Waals surface area contributed by atoms with Gasteiger partial charge in [-0.2, -0.15) is 13.2 Å². The number of carbonyl (C=O) groups excluding carboxylic acids is 2. The van der Waals surface area contributed by atoms with Gasteiger partial charge in [0.25, 0.3) is 5.91 Å². The first kappa shape index (κ1) is 22.0. The molecule has 1 aromatic heterocycles. The van der Waals surface area contributed by atoms with Gasteiger partial charge in [-0.25, -0.2) is 4.79 Å². The first-order valence-electron chi connectivity index (χ1n) is 7.79. The van der Waals surface area contributed by atoms with E-state index >= 15 is 0 Å². The first-order valence-corrected chi connectivity index (χ1v) is 8.61. The van der Waals surface area contributed by atoms with E-state index in [2.05, 4.69) is 9.73 Å². The van der Waals surface area contributed by atoms with E-state index in [1.807, 2.05) is 0 Å². The van der Waals surface area contributed by atoms with Crippen molar-refractivity contribution >= 4 is 35.1 Å². The maximum atomic E-state index is 12.8. The van der Waals surface area contributed by atoms with Crippen LogP contribution in [0.1, 0.15) is 9.67 Å². The predicted molar refractivity (Wildman–Crippen MR) is 101 cm³/mol. The fraction of sp³-hybridized carbons (Fsp3) is 0.167. The maximum Gasteiger partial charge on any atom is 0.449 e. The van der Waals surface area contributed by atoms with Gasteiger partial charge in [-0.05, 0) is 35.9 Å². The predicted octanol–water partition coefficient (Wildman–Crippen LogP) is 3.77. The van der Waals surface area contributed by atoms with Crippen molar-refractivity contribution in [1.82, 2.24) is 0 Å². The number of methoxy groups -OCH3 is 2. The highest BCUT2D eigenvalue weighted by Crippen LogP contribution is 2.37. The molecule has 2 rings (SSSR count). The summed E-state index contributed by atoms with van der Waals surface area (Å²) in [6.07, 6.45) is -4.72. The van der Waals surface area contributed by atoms with Crippen LogP contribution >= 0.6 is 11.3 Å². The molecule has 1 amide bonds. The number of nitrogens with zero attached hydrogens (tertiary/aromatic N) is 1. The molecular weight excluding hydrogens is 413 g/mol. The number of halogens is 3. The lowest BCUT2D eigenvalue weighted by Crippen LogP contribution is -2.19. The second-order valence-electron chi connectivity index (χ2n) is 5.43. The number of amides is 1. The van der Waals surface area contributed by atoms with E-state index in [0.29, 0.717) is 22.4 Å². The summed E-state index contributed by atoms with van der Waals surface area (Å²) in [6, 6.07) is 8.20. The number of hydrogen-bond acceptors (Lipinski definition) is 7. The number of esters is 1. The van der Waals surface area contributed by atoms with Crippen LogP contribution in [0.15, 0.2) is 46.7 Å². The fourth-order valence-electron chi connectivity index (χ4n) is 2.16. The number of aliphatic hydroxyl groups is 1. The molecule has 11 heteroatoms. The van der Waals surface area contributed by atoms with Crippen molar-refractivity contribution in [2.75, 3.05) is 14.2 Å². The van der Waals surface area contributed by atoms with Gasteiger partial charge in [-0.3, -0.25) is 9.79 Å². The van der Waals surface area contributed by atoms with Crippen LogP contribution in [0.2, 0.25) is 0 Å². The third kappa shape index (κ3) is 5.13. The van der Waals surface area contributed by atoms with Gasteiger partial charge < -0.3 is 20.3 Å². The highest BCUT2D eigenvalue weighted by atomic mass is 32.1. The second kappa shape index (κ2) is 8.78. The Bertz CT molecular complexity index is 978. The van der Waals surface area contributed by atoms with Crippen LogP contribution in [-0.4, -0.2) is 43.6 Å². The van der Waals surface area contributed by atoms with E-state index in [9.17, 15) is 27.9 Å². The number of benzene rings is 1. The summed E-state index contributed by atoms with van der Waals surface area (Å²) < 4.78 is 47.6. The van der Waals surface area contributed by atoms with Gasteiger partial charge in [0, 0.05) is 11.1 Å². The Kier molecular flexibility index (Phi) is 6.64. The Morgan fingerprint density at radius 3 is 2.31 bits per heavy atom. The Morgan fingerprint density at radius 2 is 1.83 bits per heavy atom. The molecule has 0 saturated heterocycles. The number of nitrogens with two attached hydrogens (primary N) is 1. The molecule has 0 bridgehead atoms.